The molecule has 1 aliphatic heterocycles. The molecule has 1 atom stereocenters. The second-order valence-corrected chi connectivity index (χ2v) is 8.12. The van der Waals surface area contributed by atoms with Crippen LogP contribution in [0.15, 0.2) is 64.6 Å². The highest BCUT2D eigenvalue weighted by atomic mass is 19.1. The van der Waals surface area contributed by atoms with Crippen molar-refractivity contribution in [3.8, 4) is 0 Å². The van der Waals surface area contributed by atoms with Gasteiger partial charge < -0.3 is 14.4 Å². The number of halogens is 1. The van der Waals surface area contributed by atoms with E-state index in [9.17, 15) is 19.1 Å². The molecular weight excluding hydrogens is 409 g/mol. The van der Waals surface area contributed by atoms with E-state index in [-0.39, 0.29) is 23.7 Å². The smallest absolute Gasteiger partial charge is 0.295 e. The van der Waals surface area contributed by atoms with Gasteiger partial charge in [-0.05, 0) is 74.2 Å². The molecule has 3 aromatic rings. The number of amides is 1. The highest BCUT2D eigenvalue weighted by Gasteiger charge is 2.47. The summed E-state index contributed by atoms with van der Waals surface area (Å²) >= 11 is 0. The molecule has 0 bridgehead atoms. The van der Waals surface area contributed by atoms with Crippen molar-refractivity contribution in [1.29, 1.82) is 0 Å². The number of aryl methyl sites for hydroxylation is 3. The van der Waals surface area contributed by atoms with Crippen LogP contribution in [-0.4, -0.2) is 28.2 Å². The molecule has 0 spiro atoms. The molecule has 32 heavy (non-hydrogen) atoms. The molecule has 1 unspecified atom stereocenters. The number of hydrogen-bond acceptors (Lipinski definition) is 4. The van der Waals surface area contributed by atoms with Gasteiger partial charge in [0.2, 0.25) is 0 Å². The molecule has 0 aliphatic carbocycles. The van der Waals surface area contributed by atoms with Crippen molar-refractivity contribution < 1.29 is 23.5 Å². The van der Waals surface area contributed by atoms with Gasteiger partial charge in [0.1, 0.15) is 29.1 Å². The minimum atomic E-state index is -0.842. The van der Waals surface area contributed by atoms with Gasteiger partial charge in [0.25, 0.3) is 11.7 Å². The fourth-order valence-corrected chi connectivity index (χ4v) is 3.95. The van der Waals surface area contributed by atoms with Crippen molar-refractivity contribution in [3.05, 3.63) is 99.8 Å². The third-order valence-corrected chi connectivity index (χ3v) is 5.91. The summed E-state index contributed by atoms with van der Waals surface area (Å²) in [4.78, 5) is 27.4. The van der Waals surface area contributed by atoms with Crippen LogP contribution < -0.4 is 0 Å². The van der Waals surface area contributed by atoms with E-state index in [4.69, 9.17) is 4.42 Å². The largest absolute Gasteiger partial charge is 0.507 e. The van der Waals surface area contributed by atoms with Crippen LogP contribution in [0.3, 0.4) is 0 Å². The van der Waals surface area contributed by atoms with E-state index in [1.54, 1.807) is 43.3 Å². The molecule has 0 saturated carbocycles. The van der Waals surface area contributed by atoms with Gasteiger partial charge >= 0.3 is 0 Å². The van der Waals surface area contributed by atoms with Gasteiger partial charge in [-0.1, -0.05) is 24.3 Å². The maximum atomic E-state index is 13.2. The molecule has 2 heterocycles. The number of hydrogen-bond donors (Lipinski definition) is 1. The number of ketones is 1. The van der Waals surface area contributed by atoms with Gasteiger partial charge in [-0.15, -0.1) is 0 Å². The lowest BCUT2D eigenvalue weighted by molar-refractivity contribution is -0.140. The van der Waals surface area contributed by atoms with Gasteiger partial charge in [0, 0.05) is 12.1 Å². The first-order valence-electron chi connectivity index (χ1n) is 10.4. The first kappa shape index (κ1) is 21.6. The number of nitrogens with zero attached hydrogens (tertiary/aromatic N) is 1. The summed E-state index contributed by atoms with van der Waals surface area (Å²) in [5.74, 6) is -0.972. The monoisotopic (exact) mass is 433 g/mol. The molecule has 6 heteroatoms. The van der Waals surface area contributed by atoms with Gasteiger partial charge in [-0.25, -0.2) is 4.39 Å². The molecule has 164 valence electrons. The van der Waals surface area contributed by atoms with Crippen molar-refractivity contribution in [2.75, 3.05) is 6.54 Å². The van der Waals surface area contributed by atoms with Crippen LogP contribution in [0.2, 0.25) is 0 Å². The fourth-order valence-electron chi connectivity index (χ4n) is 3.95. The summed E-state index contributed by atoms with van der Waals surface area (Å²) in [5.41, 5.74) is 3.32. The van der Waals surface area contributed by atoms with E-state index in [0.29, 0.717) is 23.5 Å². The van der Waals surface area contributed by atoms with E-state index in [0.717, 1.165) is 16.7 Å². The third kappa shape index (κ3) is 3.96. The first-order valence-corrected chi connectivity index (χ1v) is 10.4. The Morgan fingerprint density at radius 3 is 2.34 bits per heavy atom. The molecule has 2 aromatic carbocycles. The molecule has 0 radical (unpaired) electrons. The van der Waals surface area contributed by atoms with Gasteiger partial charge in [0.05, 0.1) is 5.57 Å². The van der Waals surface area contributed by atoms with Crippen LogP contribution in [0.4, 0.5) is 4.39 Å². The summed E-state index contributed by atoms with van der Waals surface area (Å²) in [7, 11) is 0. The third-order valence-electron chi connectivity index (χ3n) is 5.91. The van der Waals surface area contributed by atoms with Crippen molar-refractivity contribution in [3.63, 3.8) is 0 Å². The lowest BCUT2D eigenvalue weighted by atomic mass is 9.97. The van der Waals surface area contributed by atoms with E-state index >= 15 is 0 Å². The zero-order chi connectivity index (χ0) is 23.0. The van der Waals surface area contributed by atoms with Gasteiger partial charge in [0.15, 0.2) is 0 Å². The number of carbonyl (C=O) groups is 2. The lowest BCUT2D eigenvalue weighted by Gasteiger charge is -2.23. The van der Waals surface area contributed by atoms with E-state index in [1.165, 1.54) is 17.0 Å². The highest BCUT2D eigenvalue weighted by Crippen LogP contribution is 2.40. The number of aliphatic hydroxyl groups excluding tert-OH is 1. The Kier molecular flexibility index (Phi) is 5.70. The van der Waals surface area contributed by atoms with Crippen molar-refractivity contribution in [2.45, 2.75) is 33.2 Å². The number of likely N-dealkylation sites (tertiary alicyclic amines) is 1. The summed E-state index contributed by atoms with van der Waals surface area (Å²) in [5, 5.41) is 11.1. The topological polar surface area (TPSA) is 70.8 Å². The van der Waals surface area contributed by atoms with Crippen molar-refractivity contribution >= 4 is 17.4 Å². The number of furan rings is 1. The normalized spacial score (nSPS) is 17.9. The lowest BCUT2D eigenvalue weighted by Crippen LogP contribution is -2.31. The zero-order valence-corrected chi connectivity index (χ0v) is 18.2. The maximum Gasteiger partial charge on any atom is 0.295 e. The Morgan fingerprint density at radius 1 is 1.00 bits per heavy atom. The Balaban J connectivity index is 1.76. The molecule has 1 fully saturated rings. The standard InChI is InChI=1S/C26H24FNO4/c1-15-4-8-19(14-16(15)2)24(29)22-23(21-11-5-17(3)32-21)28(26(31)25(22)30)13-12-18-6-9-20(27)10-7-18/h4-11,14,23,29H,12-13H2,1-3H3/b24-22-. The van der Waals surface area contributed by atoms with Crippen LogP contribution in [0.5, 0.6) is 0 Å². The van der Waals surface area contributed by atoms with E-state index in [1.807, 2.05) is 19.9 Å². The van der Waals surface area contributed by atoms with Gasteiger partial charge in [-0.3, -0.25) is 9.59 Å². The van der Waals surface area contributed by atoms with Crippen LogP contribution in [0, 0.1) is 26.6 Å². The van der Waals surface area contributed by atoms with Crippen molar-refractivity contribution in [2.24, 2.45) is 0 Å². The zero-order valence-electron chi connectivity index (χ0n) is 18.2. The van der Waals surface area contributed by atoms with Crippen molar-refractivity contribution in [1.82, 2.24) is 4.90 Å². The highest BCUT2D eigenvalue weighted by molar-refractivity contribution is 6.46. The fraction of sp³-hybridized carbons (Fsp3) is 0.231. The average molecular weight is 433 g/mol. The SMILES string of the molecule is Cc1ccc(C2/C(=C(/O)c3ccc(C)c(C)c3)C(=O)C(=O)N2CCc2ccc(F)cc2)o1. The first-order chi connectivity index (χ1) is 15.3. The number of aliphatic hydroxyl groups is 1. The summed E-state index contributed by atoms with van der Waals surface area (Å²) in [6, 6.07) is 14.0. The molecule has 1 N–H and O–H groups in total. The van der Waals surface area contributed by atoms with Gasteiger partial charge in [-0.2, -0.15) is 0 Å². The number of carbonyl (C=O) groups excluding carboxylic acids is 2. The average Bonchev–Trinajstić information content (AvgIpc) is 3.30. The van der Waals surface area contributed by atoms with E-state index < -0.39 is 17.7 Å². The Bertz CT molecular complexity index is 1220. The molecule has 1 aliphatic rings. The molecule has 1 aromatic heterocycles. The quantitative estimate of drug-likeness (QED) is 0.349. The Labute approximate surface area is 185 Å². The number of Topliss-reactive ketones (excluding diaryl/α,β-unsaturated/α-hetero) is 1. The summed E-state index contributed by atoms with van der Waals surface area (Å²) in [6.07, 6.45) is 0.424. The summed E-state index contributed by atoms with van der Waals surface area (Å²) in [6.45, 7) is 5.86. The molecule has 5 nitrogen and oxygen atoms in total. The second-order valence-electron chi connectivity index (χ2n) is 8.12. The minimum absolute atomic E-state index is 0.00621. The molecule has 1 saturated heterocycles. The molecular formula is C26H24FNO4. The van der Waals surface area contributed by atoms with Crippen LogP contribution in [-0.2, 0) is 16.0 Å². The number of rotatable bonds is 5. The van der Waals surface area contributed by atoms with E-state index in [2.05, 4.69) is 0 Å². The molecule has 1 amide bonds. The predicted molar refractivity (Wildman–Crippen MR) is 118 cm³/mol. The summed E-state index contributed by atoms with van der Waals surface area (Å²) < 4.78 is 19.0. The van der Waals surface area contributed by atoms with Crippen LogP contribution in [0.25, 0.3) is 5.76 Å². The maximum absolute atomic E-state index is 13.2. The molecule has 4 rings (SSSR count). The van der Waals surface area contributed by atoms with Crippen LogP contribution in [0.1, 0.15) is 39.8 Å². The predicted octanol–water partition coefficient (Wildman–Crippen LogP) is 5.01. The minimum Gasteiger partial charge on any atom is -0.507 e. The Hall–Kier alpha value is -3.67. The van der Waals surface area contributed by atoms with Crippen LogP contribution >= 0.6 is 0 Å². The second kappa shape index (κ2) is 8.46. The number of benzene rings is 2. The Morgan fingerprint density at radius 2 is 1.72 bits per heavy atom.